The van der Waals surface area contributed by atoms with Crippen LogP contribution in [-0.4, -0.2) is 28.7 Å². The molecular formula is C12H14N4O3. The van der Waals surface area contributed by atoms with Gasteiger partial charge in [0.2, 0.25) is 0 Å². The van der Waals surface area contributed by atoms with Gasteiger partial charge in [0, 0.05) is 19.2 Å². The molecule has 1 aliphatic rings. The average molecular weight is 262 g/mol. The lowest BCUT2D eigenvalue weighted by molar-refractivity contribution is -0.385. The third-order valence-electron chi connectivity index (χ3n) is 3.13. The molecule has 2 heterocycles. The molecule has 0 amide bonds. The van der Waals surface area contributed by atoms with Crippen molar-refractivity contribution in [1.82, 2.24) is 4.98 Å². The lowest BCUT2D eigenvalue weighted by Gasteiger charge is -2.23. The van der Waals surface area contributed by atoms with Crippen molar-refractivity contribution in [3.05, 3.63) is 27.9 Å². The summed E-state index contributed by atoms with van der Waals surface area (Å²) in [5.41, 5.74) is -0.294. The normalized spacial score (nSPS) is 21.9. The van der Waals surface area contributed by atoms with Gasteiger partial charge in [-0.25, -0.2) is 4.98 Å². The highest BCUT2D eigenvalue weighted by molar-refractivity contribution is 5.55. The van der Waals surface area contributed by atoms with Crippen molar-refractivity contribution in [1.29, 1.82) is 5.26 Å². The molecule has 1 fully saturated rings. The first-order valence-electron chi connectivity index (χ1n) is 5.96. The van der Waals surface area contributed by atoms with E-state index in [1.165, 1.54) is 6.07 Å². The fourth-order valence-corrected chi connectivity index (χ4v) is 2.03. The van der Waals surface area contributed by atoms with Crippen molar-refractivity contribution in [2.45, 2.75) is 25.4 Å². The molecule has 1 aromatic heterocycles. The van der Waals surface area contributed by atoms with Gasteiger partial charge in [-0.3, -0.25) is 10.1 Å². The summed E-state index contributed by atoms with van der Waals surface area (Å²) in [6, 6.07) is 3.12. The van der Waals surface area contributed by atoms with Crippen LogP contribution in [0.1, 0.15) is 25.3 Å². The number of ether oxygens (including phenoxy) is 1. The van der Waals surface area contributed by atoms with Gasteiger partial charge in [0.25, 0.3) is 5.69 Å². The molecule has 19 heavy (non-hydrogen) atoms. The van der Waals surface area contributed by atoms with E-state index in [1.807, 2.05) is 13.0 Å². The maximum Gasteiger partial charge on any atom is 0.289 e. The predicted molar refractivity (Wildman–Crippen MR) is 67.7 cm³/mol. The number of rotatable bonds is 4. The van der Waals surface area contributed by atoms with E-state index in [9.17, 15) is 10.1 Å². The van der Waals surface area contributed by atoms with Crippen LogP contribution < -0.4 is 5.32 Å². The highest BCUT2D eigenvalue weighted by Gasteiger charge is 2.29. The zero-order valence-corrected chi connectivity index (χ0v) is 10.5. The molecular weight excluding hydrogens is 248 g/mol. The van der Waals surface area contributed by atoms with Crippen molar-refractivity contribution in [2.75, 3.05) is 18.5 Å². The minimum Gasteiger partial charge on any atom is -0.373 e. The number of nitrogens with one attached hydrogen (secondary N) is 1. The monoisotopic (exact) mass is 262 g/mol. The second-order valence-electron chi connectivity index (χ2n) is 4.71. The maximum absolute atomic E-state index is 10.6. The van der Waals surface area contributed by atoms with Crippen LogP contribution >= 0.6 is 0 Å². The predicted octanol–water partition coefficient (Wildman–Crippen LogP) is 1.84. The van der Waals surface area contributed by atoms with Gasteiger partial charge in [0.05, 0.1) is 10.5 Å². The van der Waals surface area contributed by atoms with Crippen LogP contribution in [0.4, 0.5) is 11.5 Å². The lowest BCUT2D eigenvalue weighted by atomic mass is 10.0. The summed E-state index contributed by atoms with van der Waals surface area (Å²) in [7, 11) is 0. The van der Waals surface area contributed by atoms with E-state index < -0.39 is 4.92 Å². The Kier molecular flexibility index (Phi) is 3.62. The van der Waals surface area contributed by atoms with Gasteiger partial charge in [0.15, 0.2) is 0 Å². The lowest BCUT2D eigenvalue weighted by Crippen LogP contribution is -2.33. The van der Waals surface area contributed by atoms with Crippen LogP contribution in [0, 0.1) is 21.4 Å². The molecule has 7 nitrogen and oxygen atoms in total. The fourth-order valence-electron chi connectivity index (χ4n) is 2.03. The van der Waals surface area contributed by atoms with Gasteiger partial charge in [-0.1, -0.05) is 0 Å². The average Bonchev–Trinajstić information content (AvgIpc) is 2.83. The molecule has 100 valence electrons. The number of hydrogen-bond acceptors (Lipinski definition) is 6. The summed E-state index contributed by atoms with van der Waals surface area (Å²) in [6.45, 7) is 3.24. The summed E-state index contributed by atoms with van der Waals surface area (Å²) in [4.78, 5) is 14.0. The van der Waals surface area contributed by atoms with Crippen LogP contribution in [0.5, 0.6) is 0 Å². The summed E-state index contributed by atoms with van der Waals surface area (Å²) in [6.07, 6.45) is 3.09. The van der Waals surface area contributed by atoms with Crippen LogP contribution in [0.2, 0.25) is 0 Å². The second-order valence-corrected chi connectivity index (χ2v) is 4.71. The van der Waals surface area contributed by atoms with Gasteiger partial charge in [-0.2, -0.15) is 5.26 Å². The van der Waals surface area contributed by atoms with E-state index in [0.29, 0.717) is 12.4 Å². The van der Waals surface area contributed by atoms with E-state index >= 15 is 0 Å². The van der Waals surface area contributed by atoms with Crippen molar-refractivity contribution in [3.8, 4) is 6.07 Å². The van der Waals surface area contributed by atoms with Crippen LogP contribution in [0.3, 0.4) is 0 Å². The molecule has 0 aromatic carbocycles. The third kappa shape index (κ3) is 2.98. The summed E-state index contributed by atoms with van der Waals surface area (Å²) in [5.74, 6) is 0.352. The first-order valence-corrected chi connectivity index (χ1v) is 5.96. The zero-order chi connectivity index (χ0) is 13.9. The minimum absolute atomic E-state index is 0.163. The van der Waals surface area contributed by atoms with Crippen LogP contribution in [0.15, 0.2) is 12.3 Å². The number of pyridine rings is 1. The highest BCUT2D eigenvalue weighted by atomic mass is 16.6. The van der Waals surface area contributed by atoms with Gasteiger partial charge < -0.3 is 10.1 Å². The minimum atomic E-state index is -0.570. The molecule has 7 heteroatoms. The number of hydrogen-bond donors (Lipinski definition) is 1. The Labute approximate surface area is 110 Å². The molecule has 0 aliphatic carbocycles. The highest BCUT2D eigenvalue weighted by Crippen LogP contribution is 2.26. The Morgan fingerprint density at radius 1 is 1.74 bits per heavy atom. The Bertz CT molecular complexity index is 532. The SMILES string of the molecule is CC1(CNc2ncc([N+](=O)[O-])cc2C#N)CCCO1. The molecule has 1 aromatic rings. The molecule has 0 bridgehead atoms. The molecule has 1 atom stereocenters. The van der Waals surface area contributed by atoms with Gasteiger partial charge in [-0.15, -0.1) is 0 Å². The number of nitro groups is 1. The first-order chi connectivity index (χ1) is 9.04. The first kappa shape index (κ1) is 13.2. The van der Waals surface area contributed by atoms with Crippen molar-refractivity contribution in [3.63, 3.8) is 0 Å². The number of nitriles is 1. The molecule has 0 saturated carbocycles. The maximum atomic E-state index is 10.6. The van der Waals surface area contributed by atoms with Crippen LogP contribution in [-0.2, 0) is 4.74 Å². The largest absolute Gasteiger partial charge is 0.373 e. The summed E-state index contributed by atoms with van der Waals surface area (Å²) >= 11 is 0. The summed E-state index contributed by atoms with van der Waals surface area (Å²) in [5, 5.41) is 22.6. The van der Waals surface area contributed by atoms with E-state index in [4.69, 9.17) is 10.00 Å². The van der Waals surface area contributed by atoms with Crippen molar-refractivity contribution < 1.29 is 9.66 Å². The molecule has 0 spiro atoms. The van der Waals surface area contributed by atoms with Gasteiger partial charge in [0.1, 0.15) is 23.6 Å². The van der Waals surface area contributed by atoms with Crippen molar-refractivity contribution in [2.24, 2.45) is 0 Å². The smallest absolute Gasteiger partial charge is 0.289 e. The van der Waals surface area contributed by atoms with E-state index in [1.54, 1.807) is 0 Å². The second kappa shape index (κ2) is 5.20. The Morgan fingerprint density at radius 2 is 2.53 bits per heavy atom. The molecule has 1 unspecified atom stereocenters. The van der Waals surface area contributed by atoms with E-state index in [2.05, 4.69) is 10.3 Å². The van der Waals surface area contributed by atoms with Crippen molar-refractivity contribution >= 4 is 11.5 Å². The fraction of sp³-hybridized carbons (Fsp3) is 0.500. The molecule has 1 N–H and O–H groups in total. The quantitative estimate of drug-likeness (QED) is 0.656. The Hall–Kier alpha value is -2.20. The molecule has 2 rings (SSSR count). The Morgan fingerprint density at radius 3 is 3.11 bits per heavy atom. The van der Waals surface area contributed by atoms with Gasteiger partial charge in [-0.05, 0) is 19.8 Å². The standard InChI is InChI=1S/C12H14N4O3/c1-12(3-2-4-19-12)8-15-11-9(6-13)5-10(7-14-11)16(17)18/h5,7H,2-4,8H2,1H3,(H,14,15). The number of aromatic nitrogens is 1. The van der Waals surface area contributed by atoms with Gasteiger partial charge >= 0.3 is 0 Å². The zero-order valence-electron chi connectivity index (χ0n) is 10.5. The summed E-state index contributed by atoms with van der Waals surface area (Å²) < 4.78 is 5.62. The van der Waals surface area contributed by atoms with E-state index in [0.717, 1.165) is 25.6 Å². The van der Waals surface area contributed by atoms with E-state index in [-0.39, 0.29) is 16.9 Å². The van der Waals surface area contributed by atoms with Crippen LogP contribution in [0.25, 0.3) is 0 Å². The Balaban J connectivity index is 2.12. The number of nitrogens with zero attached hydrogens (tertiary/aromatic N) is 3. The third-order valence-corrected chi connectivity index (χ3v) is 3.13. The molecule has 1 saturated heterocycles. The topological polar surface area (TPSA) is 101 Å². The molecule has 0 radical (unpaired) electrons. The number of anilines is 1. The molecule has 1 aliphatic heterocycles.